The van der Waals surface area contributed by atoms with E-state index < -0.39 is 0 Å². The Balaban J connectivity index is 1.41. The lowest BCUT2D eigenvalue weighted by atomic mass is 10.2. The van der Waals surface area contributed by atoms with Crippen LogP contribution in [0.2, 0.25) is 5.02 Å². The van der Waals surface area contributed by atoms with E-state index in [0.717, 1.165) is 24.4 Å². The van der Waals surface area contributed by atoms with E-state index >= 15 is 0 Å². The summed E-state index contributed by atoms with van der Waals surface area (Å²) < 4.78 is 7.61. The van der Waals surface area contributed by atoms with E-state index in [1.54, 1.807) is 18.3 Å². The maximum atomic E-state index is 12.3. The van der Waals surface area contributed by atoms with Crippen molar-refractivity contribution in [3.8, 4) is 5.75 Å². The van der Waals surface area contributed by atoms with Gasteiger partial charge in [0.2, 0.25) is 5.91 Å². The molecule has 0 radical (unpaired) electrons. The van der Waals surface area contributed by atoms with Crippen molar-refractivity contribution in [2.24, 2.45) is 0 Å². The summed E-state index contributed by atoms with van der Waals surface area (Å²) in [6.45, 7) is 1.46. The number of amides is 1. The molecule has 1 heterocycles. The molecule has 0 aliphatic heterocycles. The fourth-order valence-corrected chi connectivity index (χ4v) is 3.34. The Labute approximate surface area is 159 Å². The van der Waals surface area contributed by atoms with Crippen molar-refractivity contribution in [1.29, 1.82) is 0 Å². The molecule has 1 aliphatic rings. The molecule has 1 N–H and O–H groups in total. The second-order valence-electron chi connectivity index (χ2n) is 6.69. The Morgan fingerprint density at radius 3 is 2.77 bits per heavy atom. The van der Waals surface area contributed by atoms with Crippen molar-refractivity contribution in [2.75, 3.05) is 32.1 Å². The Morgan fingerprint density at radius 1 is 1.31 bits per heavy atom. The van der Waals surface area contributed by atoms with Crippen LogP contribution in [0.4, 0.5) is 5.82 Å². The molecule has 0 saturated heterocycles. The van der Waals surface area contributed by atoms with Gasteiger partial charge in [0.15, 0.2) is 0 Å². The van der Waals surface area contributed by atoms with Crippen LogP contribution in [-0.2, 0) is 4.79 Å². The van der Waals surface area contributed by atoms with Crippen molar-refractivity contribution in [1.82, 2.24) is 14.7 Å². The third-order valence-corrected chi connectivity index (χ3v) is 4.83. The van der Waals surface area contributed by atoms with Crippen LogP contribution < -0.4 is 10.1 Å². The molecular weight excluding hydrogens is 352 g/mol. The van der Waals surface area contributed by atoms with Gasteiger partial charge in [-0.05, 0) is 44.2 Å². The van der Waals surface area contributed by atoms with Crippen LogP contribution in [0.1, 0.15) is 31.7 Å². The largest absolute Gasteiger partial charge is 0.492 e. The van der Waals surface area contributed by atoms with Crippen LogP contribution in [0.3, 0.4) is 0 Å². The maximum Gasteiger partial charge on any atom is 0.239 e. The summed E-state index contributed by atoms with van der Waals surface area (Å²) in [6.07, 6.45) is 6.47. The smallest absolute Gasteiger partial charge is 0.239 e. The van der Waals surface area contributed by atoms with Gasteiger partial charge in [-0.15, -0.1) is 0 Å². The first kappa shape index (κ1) is 18.7. The number of benzene rings is 1. The number of carbonyl (C=O) groups excluding carboxylic acids is 1. The van der Waals surface area contributed by atoms with Gasteiger partial charge in [0, 0.05) is 17.6 Å². The molecular formula is C19H25ClN4O2. The summed E-state index contributed by atoms with van der Waals surface area (Å²) in [4.78, 5) is 14.2. The van der Waals surface area contributed by atoms with E-state index in [-0.39, 0.29) is 5.91 Å². The summed E-state index contributed by atoms with van der Waals surface area (Å²) in [5.41, 5.74) is 0. The van der Waals surface area contributed by atoms with Crippen molar-refractivity contribution < 1.29 is 9.53 Å². The van der Waals surface area contributed by atoms with E-state index in [1.807, 2.05) is 34.8 Å². The van der Waals surface area contributed by atoms with Gasteiger partial charge in [0.05, 0.1) is 18.8 Å². The highest BCUT2D eigenvalue weighted by molar-refractivity contribution is 6.30. The third-order valence-electron chi connectivity index (χ3n) is 4.58. The quantitative estimate of drug-likeness (QED) is 0.764. The van der Waals surface area contributed by atoms with Gasteiger partial charge in [0.25, 0.3) is 0 Å². The maximum absolute atomic E-state index is 12.3. The van der Waals surface area contributed by atoms with Crippen LogP contribution in [0.5, 0.6) is 5.75 Å². The fraction of sp³-hybridized carbons (Fsp3) is 0.474. The van der Waals surface area contributed by atoms with Crippen LogP contribution >= 0.6 is 11.6 Å². The second kappa shape index (κ2) is 9.05. The molecule has 7 heteroatoms. The number of halogens is 1. The van der Waals surface area contributed by atoms with E-state index in [9.17, 15) is 4.79 Å². The van der Waals surface area contributed by atoms with Crippen molar-refractivity contribution in [3.63, 3.8) is 0 Å². The number of nitrogens with one attached hydrogen (secondary N) is 1. The molecule has 1 aromatic carbocycles. The molecule has 140 valence electrons. The SMILES string of the molecule is CN(CCOc1ccc(Cl)cc1)CC(=O)Nc1ccnn1C1CCCC1. The van der Waals surface area contributed by atoms with Crippen LogP contribution in [0.25, 0.3) is 0 Å². The third kappa shape index (κ3) is 5.22. The Kier molecular flexibility index (Phi) is 6.52. The number of ether oxygens (including phenoxy) is 1. The van der Waals surface area contributed by atoms with Gasteiger partial charge < -0.3 is 10.1 Å². The summed E-state index contributed by atoms with van der Waals surface area (Å²) in [5, 5.41) is 8.04. The molecule has 1 amide bonds. The first-order valence-electron chi connectivity index (χ1n) is 9.02. The number of aromatic nitrogens is 2. The normalized spacial score (nSPS) is 14.7. The van der Waals surface area contributed by atoms with Crippen molar-refractivity contribution in [2.45, 2.75) is 31.7 Å². The van der Waals surface area contributed by atoms with Crippen LogP contribution in [0, 0.1) is 0 Å². The lowest BCUT2D eigenvalue weighted by Crippen LogP contribution is -2.33. The number of anilines is 1. The predicted octanol–water partition coefficient (Wildman–Crippen LogP) is 3.60. The summed E-state index contributed by atoms with van der Waals surface area (Å²) in [7, 11) is 1.90. The molecule has 1 saturated carbocycles. The standard InChI is InChI=1S/C19H25ClN4O2/c1-23(12-13-26-17-8-6-15(20)7-9-17)14-19(25)22-18-10-11-21-24(18)16-4-2-3-5-16/h6-11,16H,2-5,12-14H2,1H3,(H,22,25). The predicted molar refractivity (Wildman–Crippen MR) is 103 cm³/mol. The van der Waals surface area contributed by atoms with E-state index in [0.29, 0.717) is 30.8 Å². The average Bonchev–Trinajstić information content (AvgIpc) is 3.27. The number of hydrogen-bond acceptors (Lipinski definition) is 4. The molecule has 0 spiro atoms. The Hall–Kier alpha value is -2.05. The van der Waals surface area contributed by atoms with Gasteiger partial charge in [-0.1, -0.05) is 24.4 Å². The van der Waals surface area contributed by atoms with Crippen LogP contribution in [0.15, 0.2) is 36.5 Å². The highest BCUT2D eigenvalue weighted by atomic mass is 35.5. The molecule has 0 bridgehead atoms. The zero-order valence-electron chi connectivity index (χ0n) is 15.0. The number of hydrogen-bond donors (Lipinski definition) is 1. The molecule has 2 aromatic rings. The highest BCUT2D eigenvalue weighted by Gasteiger charge is 2.20. The summed E-state index contributed by atoms with van der Waals surface area (Å²) in [6, 6.07) is 9.52. The lowest BCUT2D eigenvalue weighted by Gasteiger charge is -2.18. The van der Waals surface area contributed by atoms with Gasteiger partial charge in [-0.25, -0.2) is 4.68 Å². The number of nitrogens with zero attached hydrogens (tertiary/aromatic N) is 3. The summed E-state index contributed by atoms with van der Waals surface area (Å²) in [5.74, 6) is 1.51. The molecule has 0 atom stereocenters. The Bertz CT molecular complexity index is 711. The molecule has 0 unspecified atom stereocenters. The van der Waals surface area contributed by atoms with Crippen molar-refractivity contribution >= 4 is 23.3 Å². The van der Waals surface area contributed by atoms with Gasteiger partial charge in [-0.2, -0.15) is 5.10 Å². The molecule has 1 aromatic heterocycles. The minimum atomic E-state index is -0.0428. The minimum absolute atomic E-state index is 0.0428. The average molecular weight is 377 g/mol. The van der Waals surface area contributed by atoms with Gasteiger partial charge in [0.1, 0.15) is 18.2 Å². The zero-order chi connectivity index (χ0) is 18.4. The molecule has 1 fully saturated rings. The number of rotatable bonds is 8. The molecule has 26 heavy (non-hydrogen) atoms. The molecule has 3 rings (SSSR count). The van der Waals surface area contributed by atoms with Gasteiger partial charge in [-0.3, -0.25) is 9.69 Å². The highest BCUT2D eigenvalue weighted by Crippen LogP contribution is 2.31. The van der Waals surface area contributed by atoms with Gasteiger partial charge >= 0.3 is 0 Å². The topological polar surface area (TPSA) is 59.4 Å². The molecule has 6 nitrogen and oxygen atoms in total. The number of carbonyl (C=O) groups is 1. The van der Waals surface area contributed by atoms with Crippen molar-refractivity contribution in [3.05, 3.63) is 41.6 Å². The van der Waals surface area contributed by atoms with Crippen LogP contribution in [-0.4, -0.2) is 47.3 Å². The number of likely N-dealkylation sites (N-methyl/N-ethyl adjacent to an activating group) is 1. The van der Waals surface area contributed by atoms with E-state index in [2.05, 4.69) is 10.4 Å². The summed E-state index contributed by atoms with van der Waals surface area (Å²) >= 11 is 5.85. The molecule has 1 aliphatic carbocycles. The fourth-order valence-electron chi connectivity index (χ4n) is 3.21. The monoisotopic (exact) mass is 376 g/mol. The van der Waals surface area contributed by atoms with E-state index in [1.165, 1.54) is 12.8 Å². The Morgan fingerprint density at radius 2 is 2.04 bits per heavy atom. The zero-order valence-corrected chi connectivity index (χ0v) is 15.8. The van der Waals surface area contributed by atoms with E-state index in [4.69, 9.17) is 16.3 Å². The lowest BCUT2D eigenvalue weighted by molar-refractivity contribution is -0.117. The first-order valence-corrected chi connectivity index (χ1v) is 9.40. The second-order valence-corrected chi connectivity index (χ2v) is 7.12. The minimum Gasteiger partial charge on any atom is -0.492 e. The first-order chi connectivity index (χ1) is 12.6.